The predicted molar refractivity (Wildman–Crippen MR) is 31.3 cm³/mol. The maximum atomic E-state index is 5.68. The predicted octanol–water partition coefficient (Wildman–Crippen LogP) is 2.08. The molecule has 0 bridgehead atoms. The highest BCUT2D eigenvalue weighted by Crippen LogP contribution is 2.28. The number of hydrogen-bond acceptors (Lipinski definition) is 1. The van der Waals surface area contributed by atoms with Gasteiger partial charge in [-0.3, -0.25) is 0 Å². The highest BCUT2D eigenvalue weighted by Gasteiger charge is 2.10. The molecule has 0 saturated carbocycles. The molecule has 0 amide bonds. The number of alkyl halides is 1. The summed E-state index contributed by atoms with van der Waals surface area (Å²) in [4.78, 5) is 0. The third-order valence-corrected chi connectivity index (χ3v) is 2.59. The second-order valence-corrected chi connectivity index (χ2v) is 3.52. The molecule has 0 spiro atoms. The summed E-state index contributed by atoms with van der Waals surface area (Å²) < 4.78 is 0.435. The van der Waals surface area contributed by atoms with Crippen molar-refractivity contribution in [2.75, 3.05) is 5.75 Å². The zero-order chi connectivity index (χ0) is 4.41. The van der Waals surface area contributed by atoms with Gasteiger partial charge in [0.25, 0.3) is 0 Å². The van der Waals surface area contributed by atoms with Gasteiger partial charge < -0.3 is 0 Å². The van der Waals surface area contributed by atoms with Crippen molar-refractivity contribution in [2.24, 2.45) is 0 Å². The van der Waals surface area contributed by atoms with Crippen LogP contribution in [0.3, 0.4) is 0 Å². The van der Waals surface area contributed by atoms with Gasteiger partial charge in [-0.2, -0.15) is 0 Å². The van der Waals surface area contributed by atoms with Crippen LogP contribution in [0.5, 0.6) is 0 Å². The molecule has 0 nitrogen and oxygen atoms in total. The van der Waals surface area contributed by atoms with E-state index in [0.717, 1.165) is 0 Å². The van der Waals surface area contributed by atoms with E-state index >= 15 is 0 Å². The Morgan fingerprint density at radius 2 is 2.50 bits per heavy atom. The summed E-state index contributed by atoms with van der Waals surface area (Å²) in [6, 6.07) is 0. The third-order valence-electron chi connectivity index (χ3n) is 0.874. The monoisotopic (exact) mass is 122 g/mol. The topological polar surface area (TPSA) is 0 Å². The zero-order valence-electron chi connectivity index (χ0n) is 3.48. The first-order valence-corrected chi connectivity index (χ1v) is 3.64. The molecule has 1 rings (SSSR count). The minimum Gasteiger partial charge on any atom is -0.142 e. The Bertz CT molecular complexity index is 40.8. The smallest absolute Gasteiger partial charge is 0.0789 e. The van der Waals surface area contributed by atoms with E-state index in [1.54, 1.807) is 0 Å². The van der Waals surface area contributed by atoms with Crippen LogP contribution in [0.1, 0.15) is 12.8 Å². The summed E-state index contributed by atoms with van der Waals surface area (Å²) >= 11 is 7.54. The van der Waals surface area contributed by atoms with Crippen LogP contribution in [0.4, 0.5) is 0 Å². The number of halogens is 1. The molecule has 6 heavy (non-hydrogen) atoms. The maximum Gasteiger partial charge on any atom is 0.0789 e. The molecule has 1 aliphatic rings. The molecular formula is C4H7ClS. The molecule has 0 aliphatic carbocycles. The van der Waals surface area contributed by atoms with Gasteiger partial charge in [0.1, 0.15) is 0 Å². The van der Waals surface area contributed by atoms with E-state index in [2.05, 4.69) is 0 Å². The van der Waals surface area contributed by atoms with E-state index in [-0.39, 0.29) is 0 Å². The molecule has 0 aromatic rings. The van der Waals surface area contributed by atoms with Gasteiger partial charge in [0.05, 0.1) is 4.71 Å². The van der Waals surface area contributed by atoms with Crippen LogP contribution in [0, 0.1) is 0 Å². The van der Waals surface area contributed by atoms with Gasteiger partial charge in [-0.05, 0) is 18.6 Å². The van der Waals surface area contributed by atoms with Crippen molar-refractivity contribution in [3.63, 3.8) is 0 Å². The van der Waals surface area contributed by atoms with Gasteiger partial charge >= 0.3 is 0 Å². The molecule has 1 atom stereocenters. The van der Waals surface area contributed by atoms with Gasteiger partial charge in [-0.1, -0.05) is 0 Å². The van der Waals surface area contributed by atoms with Gasteiger partial charge in [-0.25, -0.2) is 0 Å². The Labute approximate surface area is 47.3 Å². The standard InChI is InChI=1S/C4H7ClS/c5-4-2-1-3-6-4/h4H,1-3H2. The average Bonchev–Trinajstić information content (AvgIpc) is 1.86. The fourth-order valence-electron chi connectivity index (χ4n) is 0.538. The van der Waals surface area contributed by atoms with E-state index < -0.39 is 0 Å². The Morgan fingerprint density at radius 3 is 2.67 bits per heavy atom. The van der Waals surface area contributed by atoms with Crippen LogP contribution in [0.15, 0.2) is 0 Å². The van der Waals surface area contributed by atoms with E-state index in [9.17, 15) is 0 Å². The Balaban J connectivity index is 2.18. The van der Waals surface area contributed by atoms with Crippen molar-refractivity contribution < 1.29 is 0 Å². The fourth-order valence-corrected chi connectivity index (χ4v) is 1.88. The first kappa shape index (κ1) is 4.79. The molecule has 0 N–H and O–H groups in total. The minimum atomic E-state index is 0.435. The SMILES string of the molecule is ClC1CCCS1. The molecule has 0 radical (unpaired) electrons. The van der Waals surface area contributed by atoms with Crippen molar-refractivity contribution in [3.05, 3.63) is 0 Å². The van der Waals surface area contributed by atoms with Crippen LogP contribution in [-0.2, 0) is 0 Å². The van der Waals surface area contributed by atoms with Crippen LogP contribution in [-0.4, -0.2) is 10.5 Å². The minimum absolute atomic E-state index is 0.435. The number of thioether (sulfide) groups is 1. The van der Waals surface area contributed by atoms with E-state index in [1.165, 1.54) is 18.6 Å². The molecular weight excluding hydrogens is 116 g/mol. The molecule has 0 aromatic heterocycles. The van der Waals surface area contributed by atoms with E-state index in [1.807, 2.05) is 11.8 Å². The summed E-state index contributed by atoms with van der Waals surface area (Å²) in [7, 11) is 0. The lowest BCUT2D eigenvalue weighted by molar-refractivity contribution is 0.919. The van der Waals surface area contributed by atoms with Crippen molar-refractivity contribution in [1.82, 2.24) is 0 Å². The highest BCUT2D eigenvalue weighted by molar-refractivity contribution is 8.01. The lowest BCUT2D eigenvalue weighted by atomic mass is 10.4. The average molecular weight is 123 g/mol. The second kappa shape index (κ2) is 2.08. The summed E-state index contributed by atoms with van der Waals surface area (Å²) in [5, 5.41) is 0. The van der Waals surface area contributed by atoms with Gasteiger partial charge in [0, 0.05) is 0 Å². The molecule has 1 heterocycles. The van der Waals surface area contributed by atoms with Crippen molar-refractivity contribution in [3.8, 4) is 0 Å². The normalized spacial score (nSPS) is 34.5. The van der Waals surface area contributed by atoms with E-state index in [4.69, 9.17) is 11.6 Å². The highest BCUT2D eigenvalue weighted by atomic mass is 35.5. The Morgan fingerprint density at radius 1 is 1.67 bits per heavy atom. The summed E-state index contributed by atoms with van der Waals surface area (Å²) in [6.07, 6.45) is 2.53. The van der Waals surface area contributed by atoms with Crippen LogP contribution >= 0.6 is 23.4 Å². The van der Waals surface area contributed by atoms with Gasteiger partial charge in [-0.15, -0.1) is 23.4 Å². The van der Waals surface area contributed by atoms with Crippen molar-refractivity contribution in [2.45, 2.75) is 17.6 Å². The maximum absolute atomic E-state index is 5.68. The van der Waals surface area contributed by atoms with Crippen LogP contribution < -0.4 is 0 Å². The number of hydrogen-bond donors (Lipinski definition) is 0. The quantitative estimate of drug-likeness (QED) is 0.444. The molecule has 1 aliphatic heterocycles. The summed E-state index contributed by atoms with van der Waals surface area (Å²) in [6.45, 7) is 0. The Hall–Kier alpha value is 0.640. The number of rotatable bonds is 0. The van der Waals surface area contributed by atoms with Crippen molar-refractivity contribution >= 4 is 23.4 Å². The second-order valence-electron chi connectivity index (χ2n) is 1.42. The zero-order valence-corrected chi connectivity index (χ0v) is 5.06. The van der Waals surface area contributed by atoms with Gasteiger partial charge in [0.2, 0.25) is 0 Å². The van der Waals surface area contributed by atoms with E-state index in [0.29, 0.717) is 4.71 Å². The van der Waals surface area contributed by atoms with Crippen LogP contribution in [0.2, 0.25) is 0 Å². The summed E-state index contributed by atoms with van der Waals surface area (Å²) in [5.41, 5.74) is 0. The van der Waals surface area contributed by atoms with Gasteiger partial charge in [0.15, 0.2) is 0 Å². The van der Waals surface area contributed by atoms with Crippen molar-refractivity contribution in [1.29, 1.82) is 0 Å². The largest absolute Gasteiger partial charge is 0.142 e. The molecule has 1 saturated heterocycles. The molecule has 1 unspecified atom stereocenters. The summed E-state index contributed by atoms with van der Waals surface area (Å²) in [5.74, 6) is 1.27. The Kier molecular flexibility index (Phi) is 1.66. The first-order valence-electron chi connectivity index (χ1n) is 2.15. The molecule has 1 fully saturated rings. The first-order chi connectivity index (χ1) is 2.89. The lowest BCUT2D eigenvalue weighted by Crippen LogP contribution is -1.76. The lowest BCUT2D eigenvalue weighted by Gasteiger charge is -1.88. The molecule has 2 heteroatoms. The third kappa shape index (κ3) is 1.05. The molecule has 36 valence electrons. The van der Waals surface area contributed by atoms with Crippen LogP contribution in [0.25, 0.3) is 0 Å². The molecule has 0 aromatic carbocycles. The fraction of sp³-hybridized carbons (Fsp3) is 1.00.